The third-order valence-corrected chi connectivity index (χ3v) is 5.40. The van der Waals surface area contributed by atoms with Crippen LogP contribution in [0.3, 0.4) is 0 Å². The van der Waals surface area contributed by atoms with Gasteiger partial charge in [-0.3, -0.25) is 9.69 Å². The van der Waals surface area contributed by atoms with Gasteiger partial charge in [-0.1, -0.05) is 29.8 Å². The molecule has 0 aliphatic carbocycles. The van der Waals surface area contributed by atoms with Crippen LogP contribution in [0.4, 0.5) is 0 Å². The molecule has 1 aliphatic heterocycles. The minimum absolute atomic E-state index is 0.250. The number of carbonyl (C=O) groups is 1. The molecule has 1 aliphatic rings. The molecule has 1 aromatic heterocycles. The molecule has 26 heavy (non-hydrogen) atoms. The number of hydrogen-bond donors (Lipinski definition) is 1. The van der Waals surface area contributed by atoms with Gasteiger partial charge in [0.1, 0.15) is 0 Å². The summed E-state index contributed by atoms with van der Waals surface area (Å²) in [6.45, 7) is 9.97. The first kappa shape index (κ1) is 20.6. The van der Waals surface area contributed by atoms with Gasteiger partial charge in [0.2, 0.25) is 0 Å². The van der Waals surface area contributed by atoms with Gasteiger partial charge in [-0.05, 0) is 39.2 Å². The fourth-order valence-corrected chi connectivity index (χ4v) is 4.23. The zero-order chi connectivity index (χ0) is 18.9. The summed E-state index contributed by atoms with van der Waals surface area (Å²) in [5.41, 5.74) is 3.88. The molecule has 0 radical (unpaired) electrons. The first-order valence-electron chi connectivity index (χ1n) is 8.92. The van der Waals surface area contributed by atoms with Gasteiger partial charge in [0, 0.05) is 31.1 Å². The summed E-state index contributed by atoms with van der Waals surface area (Å²) in [5, 5.41) is 8.05. The number of benzene rings is 1. The summed E-state index contributed by atoms with van der Waals surface area (Å²) in [6, 6.07) is 8.81. The number of ether oxygens (including phenoxy) is 1. The first-order valence-corrected chi connectivity index (χ1v) is 9.73. The highest BCUT2D eigenvalue weighted by Gasteiger charge is 2.20. The minimum atomic E-state index is -0.250. The van der Waals surface area contributed by atoms with Crippen LogP contribution in [0, 0.1) is 20.8 Å². The monoisotopic (exact) mass is 376 g/mol. The standard InChI is InChI=1S/C19H26N2OS.CH2O2/c1-14-6-4-7-17(10-14)11-21(12-18-8-5-9-22-18)13-19-15(2)20-16(3)23-19;2-1-3/h4,6-7,10,18H,5,8-9,11-13H2,1-3H3;1H,(H,2,3). The predicted octanol–water partition coefficient (Wildman–Crippen LogP) is 3.95. The van der Waals surface area contributed by atoms with Crippen LogP contribution in [0.25, 0.3) is 0 Å². The lowest BCUT2D eigenvalue weighted by molar-refractivity contribution is -0.122. The molecule has 0 spiro atoms. The number of thiazole rings is 1. The van der Waals surface area contributed by atoms with Crippen molar-refractivity contribution in [3.05, 3.63) is 51.0 Å². The Labute approximate surface area is 159 Å². The largest absolute Gasteiger partial charge is 0.483 e. The molecule has 0 saturated carbocycles. The van der Waals surface area contributed by atoms with E-state index in [4.69, 9.17) is 14.6 Å². The molecule has 1 N–H and O–H groups in total. The topological polar surface area (TPSA) is 62.7 Å². The Morgan fingerprint density at radius 3 is 2.69 bits per heavy atom. The molecule has 3 rings (SSSR count). The van der Waals surface area contributed by atoms with Crippen molar-refractivity contribution in [3.8, 4) is 0 Å². The van der Waals surface area contributed by atoms with Crippen LogP contribution in [-0.2, 0) is 22.6 Å². The third kappa shape index (κ3) is 6.52. The van der Waals surface area contributed by atoms with Crippen LogP contribution >= 0.6 is 11.3 Å². The van der Waals surface area contributed by atoms with Crippen molar-refractivity contribution in [2.24, 2.45) is 0 Å². The molecule has 142 valence electrons. The summed E-state index contributed by atoms with van der Waals surface area (Å²) in [7, 11) is 0. The molecule has 2 aromatic rings. The van der Waals surface area contributed by atoms with Crippen molar-refractivity contribution in [1.29, 1.82) is 0 Å². The van der Waals surface area contributed by atoms with Crippen LogP contribution in [-0.4, -0.2) is 40.7 Å². The molecule has 1 fully saturated rings. The van der Waals surface area contributed by atoms with Gasteiger partial charge in [-0.2, -0.15) is 0 Å². The highest BCUT2D eigenvalue weighted by Crippen LogP contribution is 2.22. The van der Waals surface area contributed by atoms with E-state index in [0.717, 1.165) is 31.2 Å². The van der Waals surface area contributed by atoms with Crippen molar-refractivity contribution in [1.82, 2.24) is 9.88 Å². The summed E-state index contributed by atoms with van der Waals surface area (Å²) in [5.74, 6) is 0. The zero-order valence-corrected chi connectivity index (χ0v) is 16.6. The van der Waals surface area contributed by atoms with Crippen LogP contribution in [0.15, 0.2) is 24.3 Å². The van der Waals surface area contributed by atoms with E-state index < -0.39 is 0 Å². The average molecular weight is 377 g/mol. The van der Waals surface area contributed by atoms with E-state index >= 15 is 0 Å². The highest BCUT2D eigenvalue weighted by molar-refractivity contribution is 7.11. The van der Waals surface area contributed by atoms with Crippen molar-refractivity contribution in [3.63, 3.8) is 0 Å². The molecule has 2 heterocycles. The Morgan fingerprint density at radius 1 is 1.35 bits per heavy atom. The Hall–Kier alpha value is -1.76. The lowest BCUT2D eigenvalue weighted by Gasteiger charge is -2.25. The molecule has 5 nitrogen and oxygen atoms in total. The molecule has 1 aromatic carbocycles. The number of hydrogen-bond acceptors (Lipinski definition) is 5. The Balaban J connectivity index is 0.000000758. The fourth-order valence-electron chi connectivity index (χ4n) is 3.25. The quantitative estimate of drug-likeness (QED) is 0.774. The second kappa shape index (κ2) is 10.4. The lowest BCUT2D eigenvalue weighted by Crippen LogP contribution is -2.31. The second-order valence-corrected chi connectivity index (χ2v) is 7.93. The maximum absolute atomic E-state index is 8.36. The molecule has 0 amide bonds. The number of aryl methyl sites for hydroxylation is 3. The van der Waals surface area contributed by atoms with Gasteiger partial charge < -0.3 is 9.84 Å². The van der Waals surface area contributed by atoms with Crippen LogP contribution in [0.1, 0.15) is 39.5 Å². The number of nitrogens with zero attached hydrogens (tertiary/aromatic N) is 2. The van der Waals surface area contributed by atoms with E-state index in [2.05, 4.69) is 54.9 Å². The number of carboxylic acid groups (broad SMARTS) is 1. The van der Waals surface area contributed by atoms with Crippen molar-refractivity contribution >= 4 is 17.8 Å². The van der Waals surface area contributed by atoms with Crippen LogP contribution in [0.2, 0.25) is 0 Å². The predicted molar refractivity (Wildman–Crippen MR) is 105 cm³/mol. The Bertz CT molecular complexity index is 696. The van der Waals surface area contributed by atoms with E-state index in [1.807, 2.05) is 11.3 Å². The van der Waals surface area contributed by atoms with Crippen LogP contribution in [0.5, 0.6) is 0 Å². The Morgan fingerprint density at radius 2 is 2.12 bits per heavy atom. The van der Waals surface area contributed by atoms with E-state index in [9.17, 15) is 0 Å². The molecular formula is C20H28N2O3S. The van der Waals surface area contributed by atoms with Gasteiger partial charge >= 0.3 is 0 Å². The highest BCUT2D eigenvalue weighted by atomic mass is 32.1. The van der Waals surface area contributed by atoms with E-state index in [-0.39, 0.29) is 6.47 Å². The summed E-state index contributed by atoms with van der Waals surface area (Å²) < 4.78 is 5.86. The minimum Gasteiger partial charge on any atom is -0.483 e. The molecule has 0 bridgehead atoms. The summed E-state index contributed by atoms with van der Waals surface area (Å²) >= 11 is 1.82. The number of aromatic nitrogens is 1. The molecule has 6 heteroatoms. The lowest BCUT2D eigenvalue weighted by atomic mass is 10.1. The second-order valence-electron chi connectivity index (χ2n) is 6.64. The maximum atomic E-state index is 8.36. The van der Waals surface area contributed by atoms with Gasteiger partial charge in [0.15, 0.2) is 0 Å². The van der Waals surface area contributed by atoms with Gasteiger partial charge in [-0.15, -0.1) is 11.3 Å². The average Bonchev–Trinajstić information content (AvgIpc) is 3.18. The van der Waals surface area contributed by atoms with Gasteiger partial charge in [0.25, 0.3) is 6.47 Å². The van der Waals surface area contributed by atoms with Gasteiger partial charge in [-0.25, -0.2) is 4.98 Å². The van der Waals surface area contributed by atoms with Crippen molar-refractivity contribution in [2.75, 3.05) is 13.2 Å². The molecule has 1 unspecified atom stereocenters. The SMILES string of the molecule is Cc1cccc(CN(Cc2sc(C)nc2C)CC2CCCO2)c1.O=CO. The normalized spacial score (nSPS) is 16.4. The van der Waals surface area contributed by atoms with Crippen molar-refractivity contribution in [2.45, 2.75) is 52.8 Å². The summed E-state index contributed by atoms with van der Waals surface area (Å²) in [6.07, 6.45) is 2.77. The van der Waals surface area contributed by atoms with E-state index in [1.54, 1.807) is 0 Å². The van der Waals surface area contributed by atoms with E-state index in [1.165, 1.54) is 34.5 Å². The molecule has 1 atom stereocenters. The maximum Gasteiger partial charge on any atom is 0.290 e. The zero-order valence-electron chi connectivity index (χ0n) is 15.8. The van der Waals surface area contributed by atoms with E-state index in [0.29, 0.717) is 6.10 Å². The molecular weight excluding hydrogens is 348 g/mol. The fraction of sp³-hybridized carbons (Fsp3) is 0.500. The first-order chi connectivity index (χ1) is 12.5. The molecule has 1 saturated heterocycles. The summed E-state index contributed by atoms with van der Waals surface area (Å²) in [4.78, 5) is 16.8. The van der Waals surface area contributed by atoms with Crippen molar-refractivity contribution < 1.29 is 14.6 Å². The van der Waals surface area contributed by atoms with Crippen LogP contribution < -0.4 is 0 Å². The van der Waals surface area contributed by atoms with Gasteiger partial charge in [0.05, 0.1) is 16.8 Å². The third-order valence-electron chi connectivity index (χ3n) is 4.34. The number of rotatable bonds is 6. The Kier molecular flexibility index (Phi) is 8.22. The smallest absolute Gasteiger partial charge is 0.290 e.